The van der Waals surface area contributed by atoms with Crippen LogP contribution in [0.15, 0.2) is 30.3 Å². The number of carbonyl (C=O) groups excluding carboxylic acids is 1. The van der Waals surface area contributed by atoms with Crippen LogP contribution in [0.25, 0.3) is 0 Å². The summed E-state index contributed by atoms with van der Waals surface area (Å²) in [6, 6.07) is 7.64. The molecule has 2 aromatic rings. The van der Waals surface area contributed by atoms with Gasteiger partial charge in [0.1, 0.15) is 11.6 Å². The lowest BCUT2D eigenvalue weighted by Gasteiger charge is -2.35. The number of nitrogens with one attached hydrogen (secondary N) is 1. The Bertz CT molecular complexity index is 747. The van der Waals surface area contributed by atoms with Crippen LogP contribution >= 0.6 is 11.6 Å². The van der Waals surface area contributed by atoms with Crippen molar-refractivity contribution in [2.45, 2.75) is 6.92 Å². The van der Waals surface area contributed by atoms with Crippen LogP contribution in [0.3, 0.4) is 0 Å². The average molecular weight is 364 g/mol. The third-order valence-electron chi connectivity index (χ3n) is 4.06. The van der Waals surface area contributed by atoms with E-state index in [4.69, 9.17) is 11.6 Å². The highest BCUT2D eigenvalue weighted by Crippen LogP contribution is 2.21. The highest BCUT2D eigenvalue weighted by Gasteiger charge is 2.24. The van der Waals surface area contributed by atoms with Gasteiger partial charge in [0.2, 0.25) is 0 Å². The molecule has 1 aliphatic heterocycles. The van der Waals surface area contributed by atoms with Gasteiger partial charge in [-0.25, -0.2) is 4.39 Å². The maximum absolute atomic E-state index is 13.1. The Kier molecular flexibility index (Phi) is 5.33. The van der Waals surface area contributed by atoms with Gasteiger partial charge in [0.15, 0.2) is 5.82 Å². The molecule has 0 atom stereocenters. The Hall–Kier alpha value is -2.41. The summed E-state index contributed by atoms with van der Waals surface area (Å²) < 4.78 is 13.1. The van der Waals surface area contributed by atoms with E-state index in [0.29, 0.717) is 31.7 Å². The van der Waals surface area contributed by atoms with Gasteiger partial charge in [-0.3, -0.25) is 4.79 Å². The van der Waals surface area contributed by atoms with Crippen molar-refractivity contribution in [1.29, 1.82) is 0 Å². The number of rotatable bonds is 4. The van der Waals surface area contributed by atoms with Crippen LogP contribution in [0, 0.1) is 5.82 Å². The molecule has 1 saturated heterocycles. The maximum Gasteiger partial charge on any atom is 0.255 e. The summed E-state index contributed by atoms with van der Waals surface area (Å²) in [6.07, 6.45) is 0. The van der Waals surface area contributed by atoms with Crippen LogP contribution < -0.4 is 10.2 Å². The zero-order chi connectivity index (χ0) is 17.8. The van der Waals surface area contributed by atoms with Crippen molar-refractivity contribution in [3.05, 3.63) is 46.7 Å². The monoisotopic (exact) mass is 363 g/mol. The molecule has 0 spiro atoms. The van der Waals surface area contributed by atoms with Crippen molar-refractivity contribution in [1.82, 2.24) is 15.1 Å². The Morgan fingerprint density at radius 1 is 1.20 bits per heavy atom. The molecule has 1 N–H and O–H groups in total. The Morgan fingerprint density at radius 2 is 1.96 bits per heavy atom. The molecule has 1 aromatic heterocycles. The molecule has 1 aliphatic rings. The number of hydrogen-bond acceptors (Lipinski definition) is 5. The normalized spacial score (nSPS) is 14.5. The zero-order valence-corrected chi connectivity index (χ0v) is 14.6. The predicted molar refractivity (Wildman–Crippen MR) is 95.7 cm³/mol. The molecule has 0 radical (unpaired) electrons. The third kappa shape index (κ3) is 3.99. The maximum atomic E-state index is 13.1. The van der Waals surface area contributed by atoms with E-state index in [9.17, 15) is 9.18 Å². The molecule has 1 amide bonds. The van der Waals surface area contributed by atoms with Gasteiger partial charge in [0.25, 0.3) is 5.91 Å². The number of carbonyl (C=O) groups is 1. The van der Waals surface area contributed by atoms with Gasteiger partial charge in [0.05, 0.1) is 10.6 Å². The molecule has 1 fully saturated rings. The minimum Gasteiger partial charge on any atom is -0.369 e. The van der Waals surface area contributed by atoms with Gasteiger partial charge in [-0.2, -0.15) is 0 Å². The summed E-state index contributed by atoms with van der Waals surface area (Å²) in [7, 11) is 0. The smallest absolute Gasteiger partial charge is 0.255 e. The topological polar surface area (TPSA) is 61.4 Å². The second kappa shape index (κ2) is 7.65. The molecule has 0 saturated carbocycles. The SMILES string of the molecule is CCNc1ccc(N2CCN(C(=O)c3ccc(F)cc3Cl)CC2)nn1. The van der Waals surface area contributed by atoms with E-state index in [2.05, 4.69) is 20.4 Å². The molecule has 1 aromatic carbocycles. The number of nitrogens with zero attached hydrogens (tertiary/aromatic N) is 4. The Morgan fingerprint density at radius 3 is 2.56 bits per heavy atom. The van der Waals surface area contributed by atoms with E-state index >= 15 is 0 Å². The summed E-state index contributed by atoms with van der Waals surface area (Å²) in [5.74, 6) is 0.892. The molecular weight excluding hydrogens is 345 g/mol. The fourth-order valence-corrected chi connectivity index (χ4v) is 2.99. The van der Waals surface area contributed by atoms with Crippen molar-refractivity contribution in [3.8, 4) is 0 Å². The first-order valence-electron chi connectivity index (χ1n) is 8.15. The number of amides is 1. The van der Waals surface area contributed by atoms with Crippen LogP contribution in [-0.4, -0.2) is 53.7 Å². The van der Waals surface area contributed by atoms with Crippen molar-refractivity contribution in [2.75, 3.05) is 42.9 Å². The lowest BCUT2D eigenvalue weighted by molar-refractivity contribution is 0.0746. The van der Waals surface area contributed by atoms with Crippen molar-refractivity contribution >= 4 is 29.1 Å². The largest absolute Gasteiger partial charge is 0.369 e. The van der Waals surface area contributed by atoms with Crippen LogP contribution in [0.1, 0.15) is 17.3 Å². The molecule has 0 unspecified atom stereocenters. The lowest BCUT2D eigenvalue weighted by Crippen LogP contribution is -2.49. The summed E-state index contributed by atoms with van der Waals surface area (Å²) >= 11 is 5.99. The van der Waals surface area contributed by atoms with E-state index in [1.807, 2.05) is 19.1 Å². The highest BCUT2D eigenvalue weighted by molar-refractivity contribution is 6.33. The molecule has 8 heteroatoms. The molecule has 6 nitrogen and oxygen atoms in total. The first-order chi connectivity index (χ1) is 12.1. The fourth-order valence-electron chi connectivity index (χ4n) is 2.74. The number of hydrogen-bond donors (Lipinski definition) is 1. The van der Waals surface area contributed by atoms with E-state index in [-0.39, 0.29) is 10.9 Å². The van der Waals surface area contributed by atoms with E-state index in [1.165, 1.54) is 12.1 Å². The molecule has 3 rings (SSSR count). The second-order valence-corrected chi connectivity index (χ2v) is 6.12. The number of benzene rings is 1. The van der Waals surface area contributed by atoms with Crippen LogP contribution in [0.2, 0.25) is 5.02 Å². The minimum absolute atomic E-state index is 0.136. The first kappa shape index (κ1) is 17.4. The van der Waals surface area contributed by atoms with E-state index in [0.717, 1.165) is 24.2 Å². The number of aromatic nitrogens is 2. The van der Waals surface area contributed by atoms with Crippen molar-refractivity contribution in [2.24, 2.45) is 0 Å². The average Bonchev–Trinajstić information content (AvgIpc) is 2.62. The summed E-state index contributed by atoms with van der Waals surface area (Å²) in [4.78, 5) is 16.4. The number of anilines is 2. The Labute approximate surface area is 150 Å². The summed E-state index contributed by atoms with van der Waals surface area (Å²) in [6.45, 7) is 5.19. The third-order valence-corrected chi connectivity index (χ3v) is 4.37. The lowest BCUT2D eigenvalue weighted by atomic mass is 10.1. The predicted octanol–water partition coefficient (Wildman–Crippen LogP) is 2.66. The first-order valence-corrected chi connectivity index (χ1v) is 8.53. The van der Waals surface area contributed by atoms with E-state index in [1.54, 1.807) is 4.90 Å². The number of piperazine rings is 1. The minimum atomic E-state index is -0.453. The highest BCUT2D eigenvalue weighted by atomic mass is 35.5. The van der Waals surface area contributed by atoms with Crippen LogP contribution in [-0.2, 0) is 0 Å². The van der Waals surface area contributed by atoms with Crippen LogP contribution in [0.5, 0.6) is 0 Å². The molecule has 2 heterocycles. The molecule has 132 valence electrons. The van der Waals surface area contributed by atoms with Gasteiger partial charge < -0.3 is 15.1 Å². The van der Waals surface area contributed by atoms with Gasteiger partial charge in [-0.05, 0) is 37.3 Å². The number of halogens is 2. The fraction of sp³-hybridized carbons (Fsp3) is 0.353. The molecule has 0 bridgehead atoms. The van der Waals surface area contributed by atoms with Gasteiger partial charge in [0, 0.05) is 32.7 Å². The summed E-state index contributed by atoms with van der Waals surface area (Å²) in [5, 5.41) is 11.6. The second-order valence-electron chi connectivity index (χ2n) is 5.71. The Balaban J connectivity index is 1.62. The van der Waals surface area contributed by atoms with Crippen molar-refractivity contribution < 1.29 is 9.18 Å². The van der Waals surface area contributed by atoms with Crippen molar-refractivity contribution in [3.63, 3.8) is 0 Å². The van der Waals surface area contributed by atoms with Crippen LogP contribution in [0.4, 0.5) is 16.0 Å². The molecule has 0 aliphatic carbocycles. The molecular formula is C17H19ClFN5O. The summed E-state index contributed by atoms with van der Waals surface area (Å²) in [5.41, 5.74) is 0.325. The van der Waals surface area contributed by atoms with Gasteiger partial charge in [-0.1, -0.05) is 11.6 Å². The zero-order valence-electron chi connectivity index (χ0n) is 13.9. The molecule has 25 heavy (non-hydrogen) atoms. The van der Waals surface area contributed by atoms with Gasteiger partial charge >= 0.3 is 0 Å². The standard InChI is InChI=1S/C17H19ClFN5O/c1-2-20-15-5-6-16(22-21-15)23-7-9-24(10-8-23)17(25)13-4-3-12(19)11-14(13)18/h3-6,11H,2,7-10H2,1H3,(H,20,21). The van der Waals surface area contributed by atoms with Gasteiger partial charge in [-0.15, -0.1) is 10.2 Å². The van der Waals surface area contributed by atoms with E-state index < -0.39 is 5.82 Å². The quantitative estimate of drug-likeness (QED) is 0.904.